The fourth-order valence-corrected chi connectivity index (χ4v) is 9.52. The second-order valence-electron chi connectivity index (χ2n) is 16.6. The van der Waals surface area contributed by atoms with Crippen LogP contribution in [0.2, 0.25) is 0 Å². The summed E-state index contributed by atoms with van der Waals surface area (Å²) in [6, 6.07) is 21.6. The van der Waals surface area contributed by atoms with E-state index in [-0.39, 0.29) is 41.5 Å². The monoisotopic (exact) mass is 873 g/mol. The van der Waals surface area contributed by atoms with Gasteiger partial charge in [0, 0.05) is 30.5 Å². The molecular weight excluding hydrogens is 814 g/mol. The molecule has 1 fully saturated rings. The number of piperidine rings is 1. The number of hydrogen-bond acceptors (Lipinski definition) is 11. The summed E-state index contributed by atoms with van der Waals surface area (Å²) in [4.78, 5) is 49.8. The maximum atomic E-state index is 14.7. The zero-order valence-electron chi connectivity index (χ0n) is 34.9. The number of thiophene rings is 2. The van der Waals surface area contributed by atoms with E-state index in [0.29, 0.717) is 53.4 Å². The number of hydrogen-bond donors (Lipinski definition) is 4. The normalized spacial score (nSPS) is 18.2. The highest BCUT2D eigenvalue weighted by Crippen LogP contribution is 2.43. The number of benzene rings is 2. The van der Waals surface area contributed by atoms with Crippen LogP contribution in [-0.4, -0.2) is 107 Å². The SMILES string of the molecule is CC[N+](CC)(CC(=O)OC(C(=O)OC1CC[N+](C)(CCOc2ccccc2)CC1)(c1cccs1)c1cccs1)Cc1cc(C(O)CNC(C)(C)C)ccc1OP(=O)(O)O. The lowest BCUT2D eigenvalue weighted by Gasteiger charge is -2.41. The molecule has 5 rings (SSSR count). The first-order chi connectivity index (χ1) is 27.9. The number of quaternary nitrogens is 2. The summed E-state index contributed by atoms with van der Waals surface area (Å²) in [6.45, 7) is 13.7. The van der Waals surface area contributed by atoms with E-state index in [4.69, 9.17) is 18.7 Å². The van der Waals surface area contributed by atoms with Crippen molar-refractivity contribution in [2.24, 2.45) is 0 Å². The number of carbonyl (C=O) groups excluding carboxylic acids is 2. The Bertz CT molecular complexity index is 1950. The first-order valence-electron chi connectivity index (χ1n) is 20.1. The Hall–Kier alpha value is -3.63. The van der Waals surface area contributed by atoms with Crippen LogP contribution in [0.15, 0.2) is 83.6 Å². The number of aliphatic hydroxyl groups is 1. The standard InChI is InChI=1S/C43H58N3O10PS2/c1-7-46(8-2,30-33-28-32(36(47)29-44-42(3,4)5)18-19-37(33)56-57(50,51)52)31-40(48)55-43(38-16-12-26-58-38,39-17-13-27-59-39)41(49)54-35-20-22-45(6,23-21-35)24-25-53-34-14-10-9-11-15-34/h9-19,26-28,35-36,44,47H,7-8,20-25,29-31H2,1-6H3/p+2. The van der Waals surface area contributed by atoms with Gasteiger partial charge in [-0.3, -0.25) is 9.79 Å². The van der Waals surface area contributed by atoms with Gasteiger partial charge in [-0.15, -0.1) is 22.7 Å². The smallest absolute Gasteiger partial charge is 0.488 e. The summed E-state index contributed by atoms with van der Waals surface area (Å²) in [6.07, 6.45) is -0.0356. The number of phosphoric ester groups is 1. The molecule has 16 heteroatoms. The molecule has 4 aromatic rings. The largest absolute Gasteiger partial charge is 0.524 e. The Balaban J connectivity index is 1.37. The number of rotatable bonds is 20. The number of nitrogens with one attached hydrogen (secondary N) is 1. The van der Waals surface area contributed by atoms with Gasteiger partial charge in [0.1, 0.15) is 37.3 Å². The highest BCUT2D eigenvalue weighted by molar-refractivity contribution is 7.46. The second kappa shape index (κ2) is 19.8. The van der Waals surface area contributed by atoms with Crippen LogP contribution in [-0.2, 0) is 35.8 Å². The third-order valence-corrected chi connectivity index (χ3v) is 13.4. The number of nitrogens with zero attached hydrogens (tertiary/aromatic N) is 2. The number of likely N-dealkylation sites (tertiary alicyclic amines) is 1. The predicted molar refractivity (Wildman–Crippen MR) is 229 cm³/mol. The van der Waals surface area contributed by atoms with Crippen molar-refractivity contribution in [2.75, 3.05) is 59.5 Å². The molecule has 0 amide bonds. The molecule has 1 aliphatic rings. The first-order valence-corrected chi connectivity index (χ1v) is 23.4. The van der Waals surface area contributed by atoms with Crippen molar-refractivity contribution in [3.05, 3.63) is 104 Å². The summed E-state index contributed by atoms with van der Waals surface area (Å²) in [7, 11) is -2.78. The van der Waals surface area contributed by atoms with Crippen LogP contribution in [0, 0.1) is 0 Å². The van der Waals surface area contributed by atoms with Crippen molar-refractivity contribution in [3.8, 4) is 11.5 Å². The molecule has 59 heavy (non-hydrogen) atoms. The summed E-state index contributed by atoms with van der Waals surface area (Å²) < 4.78 is 36.8. The minimum absolute atomic E-state index is 0.0585. The minimum Gasteiger partial charge on any atom is -0.488 e. The van der Waals surface area contributed by atoms with Crippen molar-refractivity contribution < 1.29 is 56.7 Å². The van der Waals surface area contributed by atoms with Gasteiger partial charge in [-0.25, -0.2) is 14.2 Å². The van der Waals surface area contributed by atoms with Gasteiger partial charge >= 0.3 is 19.8 Å². The van der Waals surface area contributed by atoms with Crippen LogP contribution in [0.3, 0.4) is 0 Å². The van der Waals surface area contributed by atoms with Gasteiger partial charge in [0.25, 0.3) is 5.60 Å². The van der Waals surface area contributed by atoms with E-state index in [0.717, 1.165) is 29.9 Å². The lowest BCUT2D eigenvalue weighted by Crippen LogP contribution is -2.54. The van der Waals surface area contributed by atoms with Gasteiger partial charge in [0.2, 0.25) is 0 Å². The molecule has 0 saturated carbocycles. The van der Waals surface area contributed by atoms with Gasteiger partial charge in [-0.1, -0.05) is 36.4 Å². The van der Waals surface area contributed by atoms with Gasteiger partial charge in [-0.2, -0.15) is 0 Å². The molecule has 0 radical (unpaired) electrons. The van der Waals surface area contributed by atoms with Gasteiger partial charge in [-0.05, 0) is 87.3 Å². The Morgan fingerprint density at radius 1 is 0.949 bits per heavy atom. The van der Waals surface area contributed by atoms with Crippen molar-refractivity contribution >= 4 is 42.4 Å². The number of esters is 2. The van der Waals surface area contributed by atoms with Gasteiger partial charge in [0.05, 0.1) is 49.1 Å². The van der Waals surface area contributed by atoms with Crippen molar-refractivity contribution in [1.29, 1.82) is 0 Å². The third kappa shape index (κ3) is 12.7. The highest BCUT2D eigenvalue weighted by atomic mass is 32.1. The Labute approximate surface area is 355 Å². The Morgan fingerprint density at radius 2 is 1.58 bits per heavy atom. The highest BCUT2D eigenvalue weighted by Gasteiger charge is 2.52. The quantitative estimate of drug-likeness (QED) is 0.0421. The van der Waals surface area contributed by atoms with Crippen LogP contribution in [0.4, 0.5) is 0 Å². The summed E-state index contributed by atoms with van der Waals surface area (Å²) in [5.74, 6) is -0.533. The maximum absolute atomic E-state index is 14.7. The molecule has 3 heterocycles. The molecule has 322 valence electrons. The van der Waals surface area contributed by atoms with E-state index in [1.807, 2.05) is 87.8 Å². The van der Waals surface area contributed by atoms with E-state index in [1.165, 1.54) is 28.7 Å². The zero-order valence-corrected chi connectivity index (χ0v) is 37.4. The summed E-state index contributed by atoms with van der Waals surface area (Å²) in [5.41, 5.74) is -1.20. The average Bonchev–Trinajstić information content (AvgIpc) is 3.94. The molecule has 1 aliphatic heterocycles. The number of ether oxygens (including phenoxy) is 3. The van der Waals surface area contributed by atoms with Crippen LogP contribution >= 0.6 is 30.5 Å². The molecule has 0 bridgehead atoms. The average molecular weight is 874 g/mol. The Kier molecular flexibility index (Phi) is 15.6. The van der Waals surface area contributed by atoms with E-state index in [1.54, 1.807) is 24.3 Å². The van der Waals surface area contributed by atoms with Gasteiger partial charge < -0.3 is 38.1 Å². The number of aliphatic hydroxyl groups excluding tert-OH is 1. The number of para-hydroxylation sites is 1. The fraction of sp³-hybridized carbons (Fsp3) is 0.488. The molecule has 1 atom stereocenters. The molecule has 2 aromatic carbocycles. The van der Waals surface area contributed by atoms with Gasteiger partial charge in [0.15, 0.2) is 6.54 Å². The van der Waals surface area contributed by atoms with E-state index in [9.17, 15) is 29.0 Å². The van der Waals surface area contributed by atoms with Crippen LogP contribution in [0.25, 0.3) is 0 Å². The molecule has 13 nitrogen and oxygen atoms in total. The lowest BCUT2D eigenvalue weighted by molar-refractivity contribution is -0.931. The number of carbonyl (C=O) groups is 2. The van der Waals surface area contributed by atoms with E-state index in [2.05, 4.69) is 12.4 Å². The van der Waals surface area contributed by atoms with Crippen LogP contribution < -0.4 is 14.6 Å². The first kappa shape index (κ1) is 46.4. The molecule has 0 aliphatic carbocycles. The molecule has 1 unspecified atom stereocenters. The molecule has 4 N–H and O–H groups in total. The number of β-amino-alcohol motifs (C(OH)–C–C–N with tert-alkyl or cyclic N) is 1. The van der Waals surface area contributed by atoms with Crippen LogP contribution in [0.1, 0.15) is 74.4 Å². The molecule has 1 saturated heterocycles. The molecular formula is C43H60N3O10PS2+2. The third-order valence-electron chi connectivity index (χ3n) is 11.0. The maximum Gasteiger partial charge on any atom is 0.524 e. The van der Waals surface area contributed by atoms with Crippen molar-refractivity contribution in [1.82, 2.24) is 5.32 Å². The molecule has 0 spiro atoms. The minimum atomic E-state index is -4.96. The zero-order chi connectivity index (χ0) is 42.9. The Morgan fingerprint density at radius 3 is 2.12 bits per heavy atom. The topological polar surface area (TPSA) is 161 Å². The second-order valence-corrected chi connectivity index (χ2v) is 19.6. The fourth-order valence-electron chi connectivity index (χ4n) is 7.30. The lowest BCUT2D eigenvalue weighted by atomic mass is 9.98. The summed E-state index contributed by atoms with van der Waals surface area (Å²) in [5, 5.41) is 18.0. The number of likely N-dealkylation sites (N-methyl/N-ethyl adjacent to an activating group) is 2. The predicted octanol–water partition coefficient (Wildman–Crippen LogP) is 6.78. The van der Waals surface area contributed by atoms with Crippen molar-refractivity contribution in [3.63, 3.8) is 0 Å². The van der Waals surface area contributed by atoms with Crippen LogP contribution in [0.5, 0.6) is 11.5 Å². The number of phosphoric acid groups is 1. The summed E-state index contributed by atoms with van der Waals surface area (Å²) >= 11 is 2.61. The van der Waals surface area contributed by atoms with E-state index >= 15 is 0 Å². The molecule has 2 aromatic heterocycles. The van der Waals surface area contributed by atoms with E-state index < -0.39 is 31.5 Å². The van der Waals surface area contributed by atoms with Crippen molar-refractivity contribution in [2.45, 2.75) is 77.4 Å².